The monoisotopic (exact) mass is 421 g/mol. The number of thiophene rings is 1. The molecule has 1 amide bonds. The first kappa shape index (κ1) is 20.4. The summed E-state index contributed by atoms with van der Waals surface area (Å²) in [4.78, 5) is 20.1. The van der Waals surface area contributed by atoms with Crippen molar-refractivity contribution in [1.82, 2.24) is 19.7 Å². The van der Waals surface area contributed by atoms with Crippen LogP contribution in [0.5, 0.6) is 0 Å². The van der Waals surface area contributed by atoms with Crippen LogP contribution < -0.4 is 5.73 Å². The summed E-state index contributed by atoms with van der Waals surface area (Å²) < 4.78 is 14.9. The molecule has 9 heteroatoms. The highest BCUT2D eigenvalue weighted by atomic mass is 35.5. The highest BCUT2D eigenvalue weighted by Crippen LogP contribution is 2.30. The molecule has 0 spiro atoms. The van der Waals surface area contributed by atoms with E-state index in [4.69, 9.17) is 5.73 Å². The summed E-state index contributed by atoms with van der Waals surface area (Å²) in [6.07, 6.45) is 0.867. The molecule has 3 aromatic rings. The molecule has 0 aliphatic carbocycles. The topological polar surface area (TPSA) is 77.0 Å². The highest BCUT2D eigenvalue weighted by molar-refractivity contribution is 7.13. The van der Waals surface area contributed by atoms with E-state index in [1.165, 1.54) is 23.5 Å². The van der Waals surface area contributed by atoms with Crippen LogP contribution in [0.1, 0.15) is 24.0 Å². The van der Waals surface area contributed by atoms with E-state index in [2.05, 4.69) is 17.0 Å². The molecular weight excluding hydrogens is 401 g/mol. The molecule has 1 saturated heterocycles. The Labute approximate surface area is 172 Å². The van der Waals surface area contributed by atoms with Crippen molar-refractivity contribution in [2.45, 2.75) is 13.3 Å². The number of carbonyl (C=O) groups excluding carboxylic acids is 1. The summed E-state index contributed by atoms with van der Waals surface area (Å²) in [7, 11) is 0. The summed E-state index contributed by atoms with van der Waals surface area (Å²) in [6.45, 7) is 3.87. The fourth-order valence-electron chi connectivity index (χ4n) is 3.24. The second kappa shape index (κ2) is 7.98. The molecule has 0 saturated carbocycles. The first-order valence-electron chi connectivity index (χ1n) is 8.75. The third kappa shape index (κ3) is 3.80. The molecule has 1 atom stereocenters. The first-order chi connectivity index (χ1) is 13.0. The van der Waals surface area contributed by atoms with Gasteiger partial charge in [0, 0.05) is 13.1 Å². The number of amides is 1. The minimum atomic E-state index is -0.328. The lowest BCUT2D eigenvalue weighted by Gasteiger charge is -2.21. The Bertz CT molecular complexity index is 959. The maximum atomic E-state index is 13.3. The van der Waals surface area contributed by atoms with Gasteiger partial charge < -0.3 is 10.6 Å². The second-order valence-corrected chi connectivity index (χ2v) is 8.06. The number of halogens is 2. The normalized spacial score (nSPS) is 18.9. The van der Waals surface area contributed by atoms with Crippen LogP contribution in [0.25, 0.3) is 16.4 Å². The Morgan fingerprint density at radius 3 is 2.68 bits per heavy atom. The molecule has 0 bridgehead atoms. The molecular formula is C19H21ClFN5OS. The molecule has 1 unspecified atom stereocenters. The van der Waals surface area contributed by atoms with Crippen LogP contribution in [0.2, 0.25) is 0 Å². The van der Waals surface area contributed by atoms with Gasteiger partial charge in [-0.25, -0.2) is 14.1 Å². The Kier molecular flexibility index (Phi) is 5.83. The smallest absolute Gasteiger partial charge is 0.293 e. The lowest BCUT2D eigenvalue weighted by Crippen LogP contribution is -2.35. The first-order valence-corrected chi connectivity index (χ1v) is 9.63. The van der Waals surface area contributed by atoms with Crippen molar-refractivity contribution >= 4 is 29.7 Å². The van der Waals surface area contributed by atoms with Gasteiger partial charge in [-0.3, -0.25) is 4.79 Å². The summed E-state index contributed by atoms with van der Waals surface area (Å²) in [5.41, 5.74) is 6.44. The lowest BCUT2D eigenvalue weighted by molar-refractivity contribution is 0.0765. The molecule has 3 heterocycles. The van der Waals surface area contributed by atoms with Gasteiger partial charge in [-0.15, -0.1) is 28.8 Å². The largest absolute Gasteiger partial charge is 0.335 e. The fourth-order valence-corrected chi connectivity index (χ4v) is 3.93. The molecule has 2 aromatic heterocycles. The number of carbonyl (C=O) groups is 1. The van der Waals surface area contributed by atoms with Gasteiger partial charge in [0.2, 0.25) is 5.82 Å². The van der Waals surface area contributed by atoms with E-state index in [1.54, 1.807) is 21.7 Å². The van der Waals surface area contributed by atoms with Gasteiger partial charge in [-0.1, -0.05) is 13.0 Å². The maximum absolute atomic E-state index is 13.3. The van der Waals surface area contributed by atoms with E-state index < -0.39 is 0 Å². The average molecular weight is 422 g/mol. The zero-order chi connectivity index (χ0) is 19.0. The number of rotatable bonds is 4. The van der Waals surface area contributed by atoms with Crippen LogP contribution in [0.3, 0.4) is 0 Å². The summed E-state index contributed by atoms with van der Waals surface area (Å²) >= 11 is 1.51. The van der Waals surface area contributed by atoms with Crippen molar-refractivity contribution in [2.75, 3.05) is 19.6 Å². The SMILES string of the molecule is CC1(CN)CCN(C(=O)c2nc(-c3cccs3)n(-c3ccc(F)cc3)n2)C1.Cl. The Hall–Kier alpha value is -2.29. The molecule has 2 N–H and O–H groups in total. The molecule has 4 rings (SSSR count). The summed E-state index contributed by atoms with van der Waals surface area (Å²) in [6, 6.07) is 9.81. The average Bonchev–Trinajstić information content (AvgIpc) is 3.41. The molecule has 1 aromatic carbocycles. The fraction of sp³-hybridized carbons (Fsp3) is 0.316. The Morgan fingerprint density at radius 2 is 2.07 bits per heavy atom. The summed E-state index contributed by atoms with van der Waals surface area (Å²) in [5, 5.41) is 6.39. The van der Waals surface area contributed by atoms with Crippen molar-refractivity contribution in [1.29, 1.82) is 0 Å². The van der Waals surface area contributed by atoms with Gasteiger partial charge in [-0.05, 0) is 54.1 Å². The van der Waals surface area contributed by atoms with Gasteiger partial charge >= 0.3 is 0 Å². The summed E-state index contributed by atoms with van der Waals surface area (Å²) in [5.74, 6) is 0.182. The lowest BCUT2D eigenvalue weighted by atomic mass is 9.90. The van der Waals surface area contributed by atoms with Crippen LogP contribution in [-0.2, 0) is 0 Å². The van der Waals surface area contributed by atoms with Crippen molar-refractivity contribution in [3.63, 3.8) is 0 Å². The standard InChI is InChI=1S/C19H20FN5OS.ClH/c1-19(11-21)8-9-24(12-19)18(26)16-22-17(15-3-2-10-27-15)25(23-16)14-6-4-13(20)5-7-14;/h2-7,10H,8-9,11-12,21H2,1H3;1H. The van der Waals surface area contributed by atoms with E-state index in [1.807, 2.05) is 17.5 Å². The van der Waals surface area contributed by atoms with Crippen molar-refractivity contribution in [2.24, 2.45) is 11.1 Å². The quantitative estimate of drug-likeness (QED) is 0.700. The molecule has 0 radical (unpaired) electrons. The zero-order valence-corrected chi connectivity index (χ0v) is 17.0. The minimum absolute atomic E-state index is 0. The molecule has 6 nitrogen and oxygen atoms in total. The number of likely N-dealkylation sites (tertiary alicyclic amines) is 1. The van der Waals surface area contributed by atoms with Crippen LogP contribution in [0, 0.1) is 11.2 Å². The Morgan fingerprint density at radius 1 is 1.32 bits per heavy atom. The predicted octanol–water partition coefficient (Wildman–Crippen LogP) is 3.37. The minimum Gasteiger partial charge on any atom is -0.335 e. The molecule has 1 fully saturated rings. The van der Waals surface area contributed by atoms with E-state index in [0.29, 0.717) is 31.1 Å². The number of hydrogen-bond acceptors (Lipinski definition) is 5. The van der Waals surface area contributed by atoms with Crippen LogP contribution in [0.15, 0.2) is 41.8 Å². The van der Waals surface area contributed by atoms with Gasteiger partial charge in [0.15, 0.2) is 5.82 Å². The zero-order valence-electron chi connectivity index (χ0n) is 15.3. The predicted molar refractivity (Wildman–Crippen MR) is 110 cm³/mol. The van der Waals surface area contributed by atoms with Crippen molar-refractivity contribution < 1.29 is 9.18 Å². The van der Waals surface area contributed by atoms with Gasteiger partial charge in [0.25, 0.3) is 5.91 Å². The molecule has 1 aliphatic rings. The van der Waals surface area contributed by atoms with Crippen molar-refractivity contribution in [3.8, 4) is 16.4 Å². The maximum Gasteiger partial charge on any atom is 0.293 e. The van der Waals surface area contributed by atoms with Gasteiger partial charge in [0.05, 0.1) is 10.6 Å². The van der Waals surface area contributed by atoms with Crippen molar-refractivity contribution in [3.05, 3.63) is 53.4 Å². The number of nitrogens with two attached hydrogens (primary N) is 1. The van der Waals surface area contributed by atoms with E-state index in [9.17, 15) is 9.18 Å². The van der Waals surface area contributed by atoms with Crippen LogP contribution >= 0.6 is 23.7 Å². The van der Waals surface area contributed by atoms with Crippen LogP contribution in [-0.4, -0.2) is 45.2 Å². The molecule has 28 heavy (non-hydrogen) atoms. The highest BCUT2D eigenvalue weighted by Gasteiger charge is 2.36. The van der Waals surface area contributed by atoms with Crippen LogP contribution in [0.4, 0.5) is 4.39 Å². The number of aromatic nitrogens is 3. The van der Waals surface area contributed by atoms with E-state index in [0.717, 1.165) is 11.3 Å². The Balaban J connectivity index is 0.00000225. The molecule has 148 valence electrons. The van der Waals surface area contributed by atoms with E-state index >= 15 is 0 Å². The third-order valence-electron chi connectivity index (χ3n) is 4.95. The third-order valence-corrected chi connectivity index (χ3v) is 5.81. The number of benzene rings is 1. The molecule has 1 aliphatic heterocycles. The second-order valence-electron chi connectivity index (χ2n) is 7.12. The van der Waals surface area contributed by atoms with Gasteiger partial charge in [0.1, 0.15) is 5.82 Å². The van der Waals surface area contributed by atoms with E-state index in [-0.39, 0.29) is 35.4 Å². The number of nitrogens with zero attached hydrogens (tertiary/aromatic N) is 4. The van der Waals surface area contributed by atoms with Gasteiger partial charge in [-0.2, -0.15) is 0 Å². The number of hydrogen-bond donors (Lipinski definition) is 1.